The van der Waals surface area contributed by atoms with Gasteiger partial charge in [0.1, 0.15) is 0 Å². The van der Waals surface area contributed by atoms with Gasteiger partial charge < -0.3 is 9.88 Å². The molecule has 0 aromatic carbocycles. The fourth-order valence-corrected chi connectivity index (χ4v) is 2.19. The molecule has 0 saturated carbocycles. The molecule has 0 spiro atoms. The van der Waals surface area contributed by atoms with Crippen LogP contribution in [0.4, 0.5) is 5.95 Å². The van der Waals surface area contributed by atoms with Crippen molar-refractivity contribution in [1.29, 1.82) is 0 Å². The average Bonchev–Trinajstić information content (AvgIpc) is 2.88. The molecule has 0 aliphatic rings. The topological polar surface area (TPSA) is 42.7 Å². The van der Waals surface area contributed by atoms with E-state index in [2.05, 4.69) is 38.4 Å². The third-order valence-corrected chi connectivity index (χ3v) is 3.02. The van der Waals surface area contributed by atoms with Crippen molar-refractivity contribution in [2.75, 3.05) is 11.9 Å². The van der Waals surface area contributed by atoms with Gasteiger partial charge in [0.05, 0.1) is 16.9 Å². The second-order valence-corrected chi connectivity index (χ2v) is 4.37. The summed E-state index contributed by atoms with van der Waals surface area (Å²) >= 11 is 1.64. The average molecular weight is 236 g/mol. The number of aryl methyl sites for hydroxylation is 2. The molecule has 0 saturated heterocycles. The van der Waals surface area contributed by atoms with E-state index in [0.29, 0.717) is 0 Å². The van der Waals surface area contributed by atoms with Gasteiger partial charge in [-0.1, -0.05) is 0 Å². The molecule has 0 aliphatic heterocycles. The van der Waals surface area contributed by atoms with Gasteiger partial charge in [-0.3, -0.25) is 0 Å². The van der Waals surface area contributed by atoms with Gasteiger partial charge in [-0.05, 0) is 13.8 Å². The zero-order chi connectivity index (χ0) is 11.4. The Balaban J connectivity index is 1.89. The summed E-state index contributed by atoms with van der Waals surface area (Å²) in [5.41, 5.74) is 4.06. The second-order valence-electron chi connectivity index (χ2n) is 3.65. The van der Waals surface area contributed by atoms with Crippen molar-refractivity contribution in [3.05, 3.63) is 28.5 Å². The largest absolute Gasteiger partial charge is 0.355 e. The van der Waals surface area contributed by atoms with E-state index in [9.17, 15) is 0 Å². The van der Waals surface area contributed by atoms with E-state index in [-0.39, 0.29) is 0 Å². The van der Waals surface area contributed by atoms with Crippen LogP contribution in [0.5, 0.6) is 0 Å². The standard InChI is InChI=1S/C11H16N4S/c1-3-15-6-9(2)14-11(15)12-5-4-10-7-16-8-13-10/h6-8H,3-5H2,1-2H3,(H,12,14). The smallest absolute Gasteiger partial charge is 0.203 e. The summed E-state index contributed by atoms with van der Waals surface area (Å²) < 4.78 is 2.12. The van der Waals surface area contributed by atoms with E-state index >= 15 is 0 Å². The first kappa shape index (κ1) is 11.1. The molecule has 2 aromatic rings. The van der Waals surface area contributed by atoms with Crippen LogP contribution in [0.15, 0.2) is 17.1 Å². The number of hydrogen-bond donors (Lipinski definition) is 1. The quantitative estimate of drug-likeness (QED) is 0.866. The summed E-state index contributed by atoms with van der Waals surface area (Å²) in [5.74, 6) is 0.954. The normalized spacial score (nSPS) is 10.6. The maximum Gasteiger partial charge on any atom is 0.203 e. The van der Waals surface area contributed by atoms with Gasteiger partial charge in [0.2, 0.25) is 5.95 Å². The highest BCUT2D eigenvalue weighted by Crippen LogP contribution is 2.08. The number of thiazole rings is 1. The summed E-state index contributed by atoms with van der Waals surface area (Å²) in [6.07, 6.45) is 3.00. The van der Waals surface area contributed by atoms with Crippen molar-refractivity contribution in [1.82, 2.24) is 14.5 Å². The molecule has 16 heavy (non-hydrogen) atoms. The van der Waals surface area contributed by atoms with Crippen molar-refractivity contribution < 1.29 is 0 Å². The summed E-state index contributed by atoms with van der Waals surface area (Å²) in [5, 5.41) is 5.42. The minimum atomic E-state index is 0.875. The first-order valence-electron chi connectivity index (χ1n) is 5.44. The van der Waals surface area contributed by atoms with E-state index in [1.165, 1.54) is 0 Å². The molecular formula is C11H16N4S. The number of imidazole rings is 1. The minimum Gasteiger partial charge on any atom is -0.355 e. The molecule has 0 amide bonds. The number of rotatable bonds is 5. The van der Waals surface area contributed by atoms with Crippen molar-refractivity contribution in [3.8, 4) is 0 Å². The monoisotopic (exact) mass is 236 g/mol. The number of aromatic nitrogens is 3. The van der Waals surface area contributed by atoms with E-state index in [1.54, 1.807) is 11.3 Å². The third-order valence-electron chi connectivity index (χ3n) is 2.39. The van der Waals surface area contributed by atoms with Crippen LogP contribution in [-0.4, -0.2) is 21.1 Å². The van der Waals surface area contributed by atoms with Gasteiger partial charge >= 0.3 is 0 Å². The van der Waals surface area contributed by atoms with E-state index in [0.717, 1.165) is 36.8 Å². The molecule has 1 N–H and O–H groups in total. The zero-order valence-corrected chi connectivity index (χ0v) is 10.4. The maximum absolute atomic E-state index is 4.43. The van der Waals surface area contributed by atoms with Crippen molar-refractivity contribution in [2.24, 2.45) is 0 Å². The Morgan fingerprint density at radius 1 is 1.50 bits per heavy atom. The van der Waals surface area contributed by atoms with Crippen LogP contribution in [0.25, 0.3) is 0 Å². The molecule has 0 unspecified atom stereocenters. The van der Waals surface area contributed by atoms with Gasteiger partial charge in [-0.2, -0.15) is 0 Å². The lowest BCUT2D eigenvalue weighted by atomic mass is 10.3. The SMILES string of the molecule is CCn1cc(C)nc1NCCc1cscn1. The fourth-order valence-electron chi connectivity index (χ4n) is 1.59. The lowest BCUT2D eigenvalue weighted by Crippen LogP contribution is -2.10. The molecule has 2 aromatic heterocycles. The lowest BCUT2D eigenvalue weighted by molar-refractivity contribution is 0.761. The van der Waals surface area contributed by atoms with E-state index < -0.39 is 0 Å². The summed E-state index contributed by atoms with van der Waals surface area (Å²) in [6, 6.07) is 0. The molecule has 5 heteroatoms. The van der Waals surface area contributed by atoms with Gasteiger partial charge in [0.25, 0.3) is 0 Å². The minimum absolute atomic E-state index is 0.875. The van der Waals surface area contributed by atoms with Crippen LogP contribution >= 0.6 is 11.3 Å². The molecule has 0 fully saturated rings. The highest BCUT2D eigenvalue weighted by molar-refractivity contribution is 7.07. The third kappa shape index (κ3) is 2.61. The number of anilines is 1. The molecule has 0 aliphatic carbocycles. The predicted octanol–water partition coefficient (Wildman–Crippen LogP) is 2.32. The fraction of sp³-hybridized carbons (Fsp3) is 0.455. The Morgan fingerprint density at radius 2 is 2.38 bits per heavy atom. The highest BCUT2D eigenvalue weighted by Gasteiger charge is 2.03. The molecule has 4 nitrogen and oxygen atoms in total. The Kier molecular flexibility index (Phi) is 3.56. The van der Waals surface area contributed by atoms with E-state index in [4.69, 9.17) is 0 Å². The van der Waals surface area contributed by atoms with Crippen LogP contribution in [-0.2, 0) is 13.0 Å². The Morgan fingerprint density at radius 3 is 3.06 bits per heavy atom. The molecule has 0 bridgehead atoms. The van der Waals surface area contributed by atoms with Crippen LogP contribution in [0.2, 0.25) is 0 Å². The molecule has 0 radical (unpaired) electrons. The van der Waals surface area contributed by atoms with Gasteiger partial charge in [-0.25, -0.2) is 9.97 Å². The number of nitrogens with one attached hydrogen (secondary N) is 1. The van der Waals surface area contributed by atoms with Crippen LogP contribution in [0, 0.1) is 6.92 Å². The highest BCUT2D eigenvalue weighted by atomic mass is 32.1. The van der Waals surface area contributed by atoms with Crippen molar-refractivity contribution in [3.63, 3.8) is 0 Å². The first-order valence-corrected chi connectivity index (χ1v) is 6.38. The summed E-state index contributed by atoms with van der Waals surface area (Å²) in [7, 11) is 0. The maximum atomic E-state index is 4.43. The van der Waals surface area contributed by atoms with Crippen LogP contribution in [0.3, 0.4) is 0 Å². The molecule has 0 atom stereocenters. The summed E-state index contributed by atoms with van der Waals surface area (Å²) in [6.45, 7) is 5.95. The van der Waals surface area contributed by atoms with Crippen LogP contribution < -0.4 is 5.32 Å². The lowest BCUT2D eigenvalue weighted by Gasteiger charge is -2.06. The number of nitrogens with zero attached hydrogens (tertiary/aromatic N) is 3. The van der Waals surface area contributed by atoms with Gasteiger partial charge in [-0.15, -0.1) is 11.3 Å². The van der Waals surface area contributed by atoms with Crippen molar-refractivity contribution >= 4 is 17.3 Å². The molecule has 2 rings (SSSR count). The Labute approximate surface area is 99.4 Å². The van der Waals surface area contributed by atoms with Gasteiger partial charge in [0, 0.05) is 31.1 Å². The van der Waals surface area contributed by atoms with Crippen LogP contribution in [0.1, 0.15) is 18.3 Å². The zero-order valence-electron chi connectivity index (χ0n) is 9.60. The molecule has 86 valence electrons. The van der Waals surface area contributed by atoms with E-state index in [1.807, 2.05) is 12.4 Å². The predicted molar refractivity (Wildman–Crippen MR) is 66.9 cm³/mol. The second kappa shape index (κ2) is 5.12. The Hall–Kier alpha value is -1.36. The van der Waals surface area contributed by atoms with Gasteiger partial charge in [0.15, 0.2) is 0 Å². The number of hydrogen-bond acceptors (Lipinski definition) is 4. The molecule has 2 heterocycles. The Bertz CT molecular complexity index is 433. The molecular weight excluding hydrogens is 220 g/mol. The summed E-state index contributed by atoms with van der Waals surface area (Å²) in [4.78, 5) is 8.68. The van der Waals surface area contributed by atoms with Crippen molar-refractivity contribution in [2.45, 2.75) is 26.8 Å². The first-order chi connectivity index (χ1) is 7.79.